The van der Waals surface area contributed by atoms with Gasteiger partial charge in [0.05, 0.1) is 29.0 Å². The van der Waals surface area contributed by atoms with Gasteiger partial charge in [-0.3, -0.25) is 19.1 Å². The molecule has 0 radical (unpaired) electrons. The molecule has 6 heteroatoms. The lowest BCUT2D eigenvalue weighted by Crippen LogP contribution is -2.36. The van der Waals surface area contributed by atoms with E-state index in [1.165, 1.54) is 10.9 Å². The lowest BCUT2D eigenvalue weighted by Gasteiger charge is -2.18. The largest absolute Gasteiger partial charge is 0.346 e. The molecule has 1 aliphatic carbocycles. The van der Waals surface area contributed by atoms with E-state index in [9.17, 15) is 9.59 Å². The highest BCUT2D eigenvalue weighted by atomic mass is 16.2. The van der Waals surface area contributed by atoms with Crippen LogP contribution in [0.1, 0.15) is 30.1 Å². The van der Waals surface area contributed by atoms with Crippen LogP contribution in [0, 0.1) is 12.8 Å². The van der Waals surface area contributed by atoms with Crippen LogP contribution in [0.3, 0.4) is 0 Å². The van der Waals surface area contributed by atoms with Crippen molar-refractivity contribution in [2.45, 2.75) is 32.4 Å². The standard InChI is InChI=1S/C20H20N4O2/c1-13-8-9-21-17(10-13)19(14-6-7-14)23-18(25)11-24-12-22-16-5-3-2-4-15(16)20(24)26/h2-5,8-10,12,14,19H,6-7,11H2,1H3,(H,23,25)/t19-/m0/s1. The highest BCUT2D eigenvalue weighted by Gasteiger charge is 2.34. The molecule has 1 atom stereocenters. The van der Waals surface area contributed by atoms with Crippen LogP contribution in [0.2, 0.25) is 0 Å². The summed E-state index contributed by atoms with van der Waals surface area (Å²) in [6.45, 7) is 1.96. The van der Waals surface area contributed by atoms with Crippen molar-refractivity contribution in [2.75, 3.05) is 0 Å². The molecule has 6 nitrogen and oxygen atoms in total. The smallest absolute Gasteiger partial charge is 0.261 e. The zero-order chi connectivity index (χ0) is 18.1. The van der Waals surface area contributed by atoms with Crippen molar-refractivity contribution in [3.05, 3.63) is 70.5 Å². The summed E-state index contributed by atoms with van der Waals surface area (Å²) in [5.74, 6) is 0.212. The highest BCUT2D eigenvalue weighted by molar-refractivity contribution is 5.79. The number of para-hydroxylation sites is 1. The molecule has 132 valence electrons. The van der Waals surface area contributed by atoms with Gasteiger partial charge in [0, 0.05) is 6.20 Å². The van der Waals surface area contributed by atoms with E-state index in [0.717, 1.165) is 24.1 Å². The van der Waals surface area contributed by atoms with E-state index >= 15 is 0 Å². The number of hydrogen-bond acceptors (Lipinski definition) is 4. The van der Waals surface area contributed by atoms with E-state index in [2.05, 4.69) is 15.3 Å². The molecule has 0 aliphatic heterocycles. The molecule has 0 bridgehead atoms. The molecule has 2 aromatic heterocycles. The Balaban J connectivity index is 1.54. The van der Waals surface area contributed by atoms with Crippen molar-refractivity contribution in [3.8, 4) is 0 Å². The lowest BCUT2D eigenvalue weighted by atomic mass is 10.1. The van der Waals surface area contributed by atoms with E-state index < -0.39 is 0 Å². The number of nitrogens with zero attached hydrogens (tertiary/aromatic N) is 3. The number of pyridine rings is 1. The Morgan fingerprint density at radius 1 is 1.27 bits per heavy atom. The molecule has 0 unspecified atom stereocenters. The van der Waals surface area contributed by atoms with Crippen LogP contribution in [0.15, 0.2) is 53.7 Å². The summed E-state index contributed by atoms with van der Waals surface area (Å²) in [6.07, 6.45) is 5.36. The monoisotopic (exact) mass is 348 g/mol. The number of aryl methyl sites for hydroxylation is 1. The minimum absolute atomic E-state index is 0.0499. The first-order valence-corrected chi connectivity index (χ1v) is 8.78. The van der Waals surface area contributed by atoms with Crippen molar-refractivity contribution in [3.63, 3.8) is 0 Å². The van der Waals surface area contributed by atoms with Gasteiger partial charge in [0.2, 0.25) is 5.91 Å². The summed E-state index contributed by atoms with van der Waals surface area (Å²) in [4.78, 5) is 33.8. The molecule has 1 aromatic carbocycles. The van der Waals surface area contributed by atoms with Crippen molar-refractivity contribution >= 4 is 16.8 Å². The molecule has 0 spiro atoms. The van der Waals surface area contributed by atoms with Gasteiger partial charge in [-0.2, -0.15) is 0 Å². The first kappa shape index (κ1) is 16.4. The van der Waals surface area contributed by atoms with E-state index in [1.54, 1.807) is 24.4 Å². The summed E-state index contributed by atoms with van der Waals surface area (Å²) in [7, 11) is 0. The second-order valence-corrected chi connectivity index (χ2v) is 6.84. The molecule has 0 saturated heterocycles. The number of nitrogens with one attached hydrogen (secondary N) is 1. The number of hydrogen-bond donors (Lipinski definition) is 1. The van der Waals surface area contributed by atoms with Gasteiger partial charge < -0.3 is 5.32 Å². The summed E-state index contributed by atoms with van der Waals surface area (Å²) in [6, 6.07) is 11.0. The number of fused-ring (bicyclic) bond motifs is 1. The maximum atomic E-state index is 12.6. The van der Waals surface area contributed by atoms with Crippen LogP contribution >= 0.6 is 0 Å². The van der Waals surface area contributed by atoms with Crippen LogP contribution in [-0.2, 0) is 11.3 Å². The Morgan fingerprint density at radius 3 is 2.85 bits per heavy atom. The van der Waals surface area contributed by atoms with Gasteiger partial charge in [-0.15, -0.1) is 0 Å². The maximum Gasteiger partial charge on any atom is 0.261 e. The second-order valence-electron chi connectivity index (χ2n) is 6.84. The van der Waals surface area contributed by atoms with E-state index in [4.69, 9.17) is 0 Å². The molecule has 4 rings (SSSR count). The average molecular weight is 348 g/mol. The van der Waals surface area contributed by atoms with Gasteiger partial charge in [0.15, 0.2) is 0 Å². The van der Waals surface area contributed by atoms with E-state index in [0.29, 0.717) is 16.8 Å². The molecule has 2 heterocycles. The molecule has 1 fully saturated rings. The molecule has 3 aromatic rings. The van der Waals surface area contributed by atoms with Crippen molar-refractivity contribution in [1.29, 1.82) is 0 Å². The molecular weight excluding hydrogens is 328 g/mol. The third-order valence-corrected chi connectivity index (χ3v) is 4.71. The molecule has 1 N–H and O–H groups in total. The molecule has 1 aliphatic rings. The van der Waals surface area contributed by atoms with Gasteiger partial charge in [0.1, 0.15) is 6.54 Å². The van der Waals surface area contributed by atoms with E-state index in [-0.39, 0.29) is 24.1 Å². The van der Waals surface area contributed by atoms with Crippen molar-refractivity contribution in [1.82, 2.24) is 19.9 Å². The predicted molar refractivity (Wildman–Crippen MR) is 98.6 cm³/mol. The first-order chi connectivity index (χ1) is 12.6. The second kappa shape index (κ2) is 6.71. The van der Waals surface area contributed by atoms with Crippen LogP contribution in [0.4, 0.5) is 0 Å². The van der Waals surface area contributed by atoms with Crippen LogP contribution in [0.25, 0.3) is 10.9 Å². The van der Waals surface area contributed by atoms with Gasteiger partial charge in [-0.05, 0) is 55.5 Å². The van der Waals surface area contributed by atoms with Crippen molar-refractivity contribution < 1.29 is 4.79 Å². The topological polar surface area (TPSA) is 76.9 Å². The molecular formula is C20H20N4O2. The zero-order valence-corrected chi connectivity index (χ0v) is 14.6. The third kappa shape index (κ3) is 3.35. The van der Waals surface area contributed by atoms with Crippen LogP contribution in [-0.4, -0.2) is 20.4 Å². The molecule has 1 saturated carbocycles. The summed E-state index contributed by atoms with van der Waals surface area (Å²) in [5.41, 5.74) is 2.42. The number of carbonyl (C=O) groups is 1. The third-order valence-electron chi connectivity index (χ3n) is 4.71. The Bertz CT molecular complexity index is 1020. The molecule has 26 heavy (non-hydrogen) atoms. The SMILES string of the molecule is Cc1ccnc([C@@H](NC(=O)Cn2cnc3ccccc3c2=O)C2CC2)c1. The predicted octanol–water partition coefficient (Wildman–Crippen LogP) is 2.37. The van der Waals surface area contributed by atoms with E-state index in [1.807, 2.05) is 25.1 Å². The van der Waals surface area contributed by atoms with Crippen molar-refractivity contribution in [2.24, 2.45) is 5.92 Å². The van der Waals surface area contributed by atoms with Crippen LogP contribution < -0.4 is 10.9 Å². The number of aromatic nitrogens is 3. The lowest BCUT2D eigenvalue weighted by molar-refractivity contribution is -0.122. The number of carbonyl (C=O) groups excluding carboxylic acids is 1. The first-order valence-electron chi connectivity index (χ1n) is 8.78. The van der Waals surface area contributed by atoms with Gasteiger partial charge in [-0.25, -0.2) is 4.98 Å². The fraction of sp³-hybridized carbons (Fsp3) is 0.300. The summed E-state index contributed by atoms with van der Waals surface area (Å²) in [5, 5.41) is 3.57. The van der Waals surface area contributed by atoms with Gasteiger partial charge in [-0.1, -0.05) is 12.1 Å². The fourth-order valence-corrected chi connectivity index (χ4v) is 3.19. The summed E-state index contributed by atoms with van der Waals surface area (Å²) < 4.78 is 1.35. The highest BCUT2D eigenvalue weighted by Crippen LogP contribution is 2.40. The number of rotatable bonds is 5. The normalized spacial score (nSPS) is 15.0. The Hall–Kier alpha value is -3.02. The minimum Gasteiger partial charge on any atom is -0.346 e. The number of benzene rings is 1. The van der Waals surface area contributed by atoms with Gasteiger partial charge in [0.25, 0.3) is 5.56 Å². The maximum absolute atomic E-state index is 12.6. The fourth-order valence-electron chi connectivity index (χ4n) is 3.19. The number of amides is 1. The summed E-state index contributed by atoms with van der Waals surface area (Å²) >= 11 is 0. The quantitative estimate of drug-likeness (QED) is 0.768. The Kier molecular flexibility index (Phi) is 4.24. The minimum atomic E-state index is -0.206. The Labute approximate surface area is 150 Å². The zero-order valence-electron chi connectivity index (χ0n) is 14.6. The average Bonchev–Trinajstić information content (AvgIpc) is 3.47. The Morgan fingerprint density at radius 2 is 2.08 bits per heavy atom. The van der Waals surface area contributed by atoms with Crippen LogP contribution in [0.5, 0.6) is 0 Å². The van der Waals surface area contributed by atoms with Gasteiger partial charge >= 0.3 is 0 Å². The molecule has 1 amide bonds.